The van der Waals surface area contributed by atoms with Crippen molar-refractivity contribution in [1.29, 1.82) is 0 Å². The average Bonchev–Trinajstić information content (AvgIpc) is 3.06. The van der Waals surface area contributed by atoms with E-state index in [1.165, 1.54) is 4.68 Å². The van der Waals surface area contributed by atoms with Crippen LogP contribution in [0.1, 0.15) is 16.1 Å². The summed E-state index contributed by atoms with van der Waals surface area (Å²) in [5.74, 6) is -0.271. The summed E-state index contributed by atoms with van der Waals surface area (Å²) in [6.45, 7) is 0.503. The Bertz CT molecular complexity index is 803. The normalized spacial score (nSPS) is 10.5. The summed E-state index contributed by atoms with van der Waals surface area (Å²) in [5.41, 5.74) is 1.99. The maximum Gasteiger partial charge on any atom is 0.273 e. The van der Waals surface area contributed by atoms with Crippen LogP contribution < -0.4 is 5.32 Å². The largest absolute Gasteiger partial charge is 0.350 e. The summed E-state index contributed by atoms with van der Waals surface area (Å²) in [4.78, 5) is 16.1. The Balaban J connectivity index is 1.62. The first-order chi connectivity index (χ1) is 11.2. The Hall–Kier alpha value is -2.73. The molecule has 0 aliphatic rings. The molecule has 0 spiro atoms. The van der Waals surface area contributed by atoms with Crippen LogP contribution in [0.5, 0.6) is 0 Å². The van der Waals surface area contributed by atoms with Gasteiger partial charge < -0.3 is 5.32 Å². The number of pyridine rings is 1. The third-order valence-electron chi connectivity index (χ3n) is 3.25. The van der Waals surface area contributed by atoms with Crippen molar-refractivity contribution in [2.75, 3.05) is 6.54 Å². The molecule has 2 aromatic heterocycles. The number of benzene rings is 1. The van der Waals surface area contributed by atoms with Crippen molar-refractivity contribution in [2.45, 2.75) is 6.42 Å². The number of hydrogen-bond donors (Lipinski definition) is 1. The average molecular weight is 328 g/mol. The lowest BCUT2D eigenvalue weighted by molar-refractivity contribution is 0.0949. The number of rotatable bonds is 5. The van der Waals surface area contributed by atoms with E-state index < -0.39 is 0 Å². The molecule has 1 N–H and O–H groups in total. The highest BCUT2D eigenvalue weighted by Gasteiger charge is 2.12. The smallest absolute Gasteiger partial charge is 0.273 e. The van der Waals surface area contributed by atoms with E-state index in [9.17, 15) is 4.79 Å². The van der Waals surface area contributed by atoms with Gasteiger partial charge in [-0.3, -0.25) is 9.78 Å². The maximum atomic E-state index is 12.1. The lowest BCUT2D eigenvalue weighted by atomic mass is 10.2. The van der Waals surface area contributed by atoms with E-state index in [1.807, 2.05) is 24.3 Å². The van der Waals surface area contributed by atoms with Gasteiger partial charge in [-0.25, -0.2) is 4.68 Å². The first-order valence-corrected chi connectivity index (χ1v) is 7.46. The number of carbonyl (C=O) groups excluding carboxylic acids is 1. The molecule has 7 heteroatoms. The second-order valence-corrected chi connectivity index (χ2v) is 5.27. The molecule has 0 aliphatic carbocycles. The van der Waals surface area contributed by atoms with Crippen LogP contribution in [0.2, 0.25) is 5.02 Å². The van der Waals surface area contributed by atoms with Crippen molar-refractivity contribution in [1.82, 2.24) is 25.3 Å². The summed E-state index contributed by atoms with van der Waals surface area (Å²) in [6, 6.07) is 11.1. The minimum absolute atomic E-state index is 0.246. The molecule has 3 aromatic rings. The molecule has 0 fully saturated rings. The predicted octanol–water partition coefficient (Wildman–Crippen LogP) is 2.29. The minimum atomic E-state index is -0.271. The molecule has 1 aromatic carbocycles. The lowest BCUT2D eigenvalue weighted by Gasteiger charge is -2.03. The zero-order chi connectivity index (χ0) is 16.1. The van der Waals surface area contributed by atoms with Crippen molar-refractivity contribution < 1.29 is 4.79 Å². The highest BCUT2D eigenvalue weighted by atomic mass is 35.5. The van der Waals surface area contributed by atoms with Crippen molar-refractivity contribution in [3.8, 4) is 5.69 Å². The van der Waals surface area contributed by atoms with E-state index in [0.717, 1.165) is 5.56 Å². The number of carbonyl (C=O) groups is 1. The maximum absolute atomic E-state index is 12.1. The number of hydrogen-bond acceptors (Lipinski definition) is 4. The minimum Gasteiger partial charge on any atom is -0.350 e. The number of amides is 1. The summed E-state index contributed by atoms with van der Waals surface area (Å²) < 4.78 is 1.48. The number of para-hydroxylation sites is 1. The summed E-state index contributed by atoms with van der Waals surface area (Å²) in [7, 11) is 0. The third-order valence-corrected chi connectivity index (χ3v) is 3.57. The van der Waals surface area contributed by atoms with E-state index in [4.69, 9.17) is 11.6 Å². The van der Waals surface area contributed by atoms with Gasteiger partial charge in [-0.2, -0.15) is 0 Å². The molecule has 0 aliphatic heterocycles. The molecule has 116 valence electrons. The molecule has 23 heavy (non-hydrogen) atoms. The molecule has 0 bridgehead atoms. The van der Waals surface area contributed by atoms with Crippen molar-refractivity contribution >= 4 is 17.5 Å². The summed E-state index contributed by atoms with van der Waals surface area (Å²) >= 11 is 6.10. The zero-order valence-electron chi connectivity index (χ0n) is 12.2. The molecule has 0 unspecified atom stereocenters. The van der Waals surface area contributed by atoms with Crippen LogP contribution in [-0.2, 0) is 6.42 Å². The molecule has 3 rings (SSSR count). The number of aromatic nitrogens is 4. The number of nitrogens with zero attached hydrogens (tertiary/aromatic N) is 4. The molecule has 6 nitrogen and oxygen atoms in total. The van der Waals surface area contributed by atoms with E-state index in [-0.39, 0.29) is 11.6 Å². The number of halogens is 1. The van der Waals surface area contributed by atoms with Gasteiger partial charge in [-0.15, -0.1) is 5.10 Å². The highest BCUT2D eigenvalue weighted by Crippen LogP contribution is 2.18. The molecule has 0 saturated heterocycles. The topological polar surface area (TPSA) is 72.7 Å². The fourth-order valence-corrected chi connectivity index (χ4v) is 2.30. The molecule has 0 atom stereocenters. The van der Waals surface area contributed by atoms with E-state index in [0.29, 0.717) is 23.7 Å². The van der Waals surface area contributed by atoms with Crippen LogP contribution in [-0.4, -0.2) is 32.4 Å². The van der Waals surface area contributed by atoms with E-state index in [2.05, 4.69) is 20.6 Å². The van der Waals surface area contributed by atoms with Gasteiger partial charge >= 0.3 is 0 Å². The van der Waals surface area contributed by atoms with Gasteiger partial charge in [0.1, 0.15) is 0 Å². The standard InChI is InChI=1S/C16H14ClN5O/c17-13-5-1-2-6-15(13)22-11-14(20-21-22)16(23)19-9-7-12-4-3-8-18-10-12/h1-6,8,10-11H,7,9H2,(H,19,23). The fourth-order valence-electron chi connectivity index (χ4n) is 2.08. The summed E-state index contributed by atoms with van der Waals surface area (Å²) in [5, 5.41) is 11.2. The van der Waals surface area contributed by atoms with Crippen LogP contribution in [0.25, 0.3) is 5.69 Å². The Labute approximate surface area is 138 Å². The van der Waals surface area contributed by atoms with Crippen molar-refractivity contribution in [3.63, 3.8) is 0 Å². The fraction of sp³-hybridized carbons (Fsp3) is 0.125. The SMILES string of the molecule is O=C(NCCc1cccnc1)c1cn(-c2ccccc2Cl)nn1. The Morgan fingerprint density at radius 3 is 2.87 bits per heavy atom. The summed E-state index contributed by atoms with van der Waals surface area (Å²) in [6.07, 6.45) is 5.76. The Morgan fingerprint density at radius 1 is 1.22 bits per heavy atom. The molecular formula is C16H14ClN5O. The van der Waals surface area contributed by atoms with Gasteiger partial charge in [0.05, 0.1) is 16.9 Å². The zero-order valence-corrected chi connectivity index (χ0v) is 12.9. The highest BCUT2D eigenvalue weighted by molar-refractivity contribution is 6.32. The van der Waals surface area contributed by atoms with Gasteiger partial charge in [-0.1, -0.05) is 35.0 Å². The monoisotopic (exact) mass is 327 g/mol. The quantitative estimate of drug-likeness (QED) is 0.780. The Morgan fingerprint density at radius 2 is 2.09 bits per heavy atom. The van der Waals surface area contributed by atoms with Gasteiger partial charge in [0, 0.05) is 18.9 Å². The van der Waals surface area contributed by atoms with E-state index in [1.54, 1.807) is 30.7 Å². The van der Waals surface area contributed by atoms with Gasteiger partial charge in [0.25, 0.3) is 5.91 Å². The number of nitrogens with one attached hydrogen (secondary N) is 1. The van der Waals surface area contributed by atoms with Crippen LogP contribution in [0.4, 0.5) is 0 Å². The molecular weight excluding hydrogens is 314 g/mol. The predicted molar refractivity (Wildman–Crippen MR) is 86.6 cm³/mol. The molecule has 2 heterocycles. The van der Waals surface area contributed by atoms with Crippen LogP contribution in [0, 0.1) is 0 Å². The van der Waals surface area contributed by atoms with Crippen LogP contribution in [0.3, 0.4) is 0 Å². The van der Waals surface area contributed by atoms with Crippen LogP contribution >= 0.6 is 11.6 Å². The molecule has 1 amide bonds. The third kappa shape index (κ3) is 3.73. The van der Waals surface area contributed by atoms with Gasteiger partial charge in [-0.05, 0) is 30.2 Å². The molecule has 0 saturated carbocycles. The van der Waals surface area contributed by atoms with Crippen molar-refractivity contribution in [3.05, 3.63) is 71.3 Å². The second kappa shape index (κ2) is 7.02. The molecule has 0 radical (unpaired) electrons. The lowest BCUT2D eigenvalue weighted by Crippen LogP contribution is -2.26. The van der Waals surface area contributed by atoms with E-state index >= 15 is 0 Å². The van der Waals surface area contributed by atoms with Gasteiger partial charge in [0.2, 0.25) is 0 Å². The Kier molecular flexibility index (Phi) is 4.63. The van der Waals surface area contributed by atoms with Crippen LogP contribution in [0.15, 0.2) is 55.0 Å². The van der Waals surface area contributed by atoms with Crippen molar-refractivity contribution in [2.24, 2.45) is 0 Å². The second-order valence-electron chi connectivity index (χ2n) is 4.87. The first-order valence-electron chi connectivity index (χ1n) is 7.08. The van der Waals surface area contributed by atoms with Gasteiger partial charge in [0.15, 0.2) is 5.69 Å². The first kappa shape index (κ1) is 15.2.